The number of halogens is 1. The predicted molar refractivity (Wildman–Crippen MR) is 60.4 cm³/mol. The SMILES string of the molecule is Cc1ncc(O)c(=O)n1Cc1ccc(F)cc1. The molecule has 1 N–H and O–H groups in total. The van der Waals surface area contributed by atoms with Crippen molar-refractivity contribution >= 4 is 0 Å². The van der Waals surface area contributed by atoms with Gasteiger partial charge in [0.15, 0.2) is 5.75 Å². The van der Waals surface area contributed by atoms with E-state index in [1.807, 2.05) is 0 Å². The molecule has 5 heteroatoms. The topological polar surface area (TPSA) is 55.1 Å². The van der Waals surface area contributed by atoms with Gasteiger partial charge in [0, 0.05) is 0 Å². The molecule has 4 nitrogen and oxygen atoms in total. The lowest BCUT2D eigenvalue weighted by Gasteiger charge is -2.09. The molecule has 0 aliphatic carbocycles. The Morgan fingerprint density at radius 1 is 1.35 bits per heavy atom. The average Bonchev–Trinajstić information content (AvgIpc) is 2.32. The quantitative estimate of drug-likeness (QED) is 0.855. The van der Waals surface area contributed by atoms with E-state index in [4.69, 9.17) is 0 Å². The minimum Gasteiger partial charge on any atom is -0.502 e. The fraction of sp³-hybridized carbons (Fsp3) is 0.167. The van der Waals surface area contributed by atoms with E-state index >= 15 is 0 Å². The number of aromatic hydroxyl groups is 1. The zero-order chi connectivity index (χ0) is 12.4. The van der Waals surface area contributed by atoms with Crippen LogP contribution in [0.5, 0.6) is 5.75 Å². The molecule has 2 aromatic rings. The van der Waals surface area contributed by atoms with Gasteiger partial charge < -0.3 is 5.11 Å². The van der Waals surface area contributed by atoms with Gasteiger partial charge in [-0.2, -0.15) is 0 Å². The monoisotopic (exact) mass is 234 g/mol. The van der Waals surface area contributed by atoms with Crippen LogP contribution >= 0.6 is 0 Å². The second-order valence-electron chi connectivity index (χ2n) is 3.71. The summed E-state index contributed by atoms with van der Waals surface area (Å²) in [5, 5.41) is 9.29. The number of aromatic nitrogens is 2. The number of nitrogens with zero attached hydrogens (tertiary/aromatic N) is 2. The molecule has 0 saturated heterocycles. The molecule has 17 heavy (non-hydrogen) atoms. The molecule has 0 bridgehead atoms. The van der Waals surface area contributed by atoms with Crippen LogP contribution in [0.1, 0.15) is 11.4 Å². The summed E-state index contributed by atoms with van der Waals surface area (Å²) in [4.78, 5) is 15.6. The molecule has 0 spiro atoms. The van der Waals surface area contributed by atoms with Gasteiger partial charge >= 0.3 is 0 Å². The lowest BCUT2D eigenvalue weighted by Crippen LogP contribution is -2.23. The molecule has 0 unspecified atom stereocenters. The second kappa shape index (κ2) is 4.37. The molecule has 0 fully saturated rings. The third-order valence-corrected chi connectivity index (χ3v) is 2.48. The van der Waals surface area contributed by atoms with Crippen LogP contribution in [-0.4, -0.2) is 14.7 Å². The summed E-state index contributed by atoms with van der Waals surface area (Å²) in [5.41, 5.74) is 0.269. The summed E-state index contributed by atoms with van der Waals surface area (Å²) in [5.74, 6) is -0.221. The van der Waals surface area contributed by atoms with Crippen LogP contribution in [0.15, 0.2) is 35.3 Å². The Labute approximate surface area is 97.0 Å². The first kappa shape index (κ1) is 11.3. The van der Waals surface area contributed by atoms with Gasteiger partial charge in [-0.05, 0) is 24.6 Å². The summed E-state index contributed by atoms with van der Waals surface area (Å²) >= 11 is 0. The van der Waals surface area contributed by atoms with Crippen LogP contribution in [0.25, 0.3) is 0 Å². The van der Waals surface area contributed by atoms with E-state index < -0.39 is 11.3 Å². The van der Waals surface area contributed by atoms with Gasteiger partial charge in [0.05, 0.1) is 12.7 Å². The second-order valence-corrected chi connectivity index (χ2v) is 3.71. The molecule has 2 rings (SSSR count). The standard InChI is InChI=1S/C12H11FN2O2/c1-8-14-6-11(16)12(17)15(8)7-9-2-4-10(13)5-3-9/h2-6,16H,7H2,1H3. The Kier molecular flexibility index (Phi) is 2.91. The zero-order valence-electron chi connectivity index (χ0n) is 9.22. The van der Waals surface area contributed by atoms with Gasteiger partial charge in [-0.1, -0.05) is 12.1 Å². The van der Waals surface area contributed by atoms with Gasteiger partial charge in [0.25, 0.3) is 5.56 Å². The molecule has 1 aromatic heterocycles. The van der Waals surface area contributed by atoms with Crippen molar-refractivity contribution in [2.75, 3.05) is 0 Å². The van der Waals surface area contributed by atoms with Gasteiger partial charge in [-0.25, -0.2) is 9.37 Å². The highest BCUT2D eigenvalue weighted by Crippen LogP contribution is 2.06. The summed E-state index contributed by atoms with van der Waals surface area (Å²) in [6.07, 6.45) is 1.12. The maximum Gasteiger partial charge on any atom is 0.295 e. The van der Waals surface area contributed by atoms with Gasteiger partial charge in [0.2, 0.25) is 0 Å². The highest BCUT2D eigenvalue weighted by Gasteiger charge is 2.06. The van der Waals surface area contributed by atoms with Gasteiger partial charge in [-0.3, -0.25) is 9.36 Å². The van der Waals surface area contributed by atoms with Crippen molar-refractivity contribution in [1.29, 1.82) is 0 Å². The molecule has 0 atom stereocenters. The maximum absolute atomic E-state index is 12.7. The van der Waals surface area contributed by atoms with E-state index in [0.29, 0.717) is 5.82 Å². The third kappa shape index (κ3) is 2.33. The first-order valence-electron chi connectivity index (χ1n) is 5.08. The maximum atomic E-state index is 12.7. The fourth-order valence-electron chi connectivity index (χ4n) is 1.52. The Morgan fingerprint density at radius 3 is 2.65 bits per heavy atom. The average molecular weight is 234 g/mol. The predicted octanol–water partition coefficient (Wildman–Crippen LogP) is 1.44. The van der Waals surface area contributed by atoms with E-state index in [-0.39, 0.29) is 12.4 Å². The number of hydrogen-bond acceptors (Lipinski definition) is 3. The lowest BCUT2D eigenvalue weighted by molar-refractivity contribution is 0.452. The van der Waals surface area contributed by atoms with Crippen molar-refractivity contribution in [3.05, 3.63) is 58.0 Å². The van der Waals surface area contributed by atoms with Crippen molar-refractivity contribution in [3.63, 3.8) is 0 Å². The molecule has 0 aliphatic heterocycles. The van der Waals surface area contributed by atoms with E-state index in [2.05, 4.69) is 4.98 Å². The number of rotatable bonds is 2. The van der Waals surface area contributed by atoms with E-state index in [1.54, 1.807) is 19.1 Å². The number of benzene rings is 1. The molecule has 1 heterocycles. The van der Waals surface area contributed by atoms with Crippen LogP contribution in [0.4, 0.5) is 4.39 Å². The van der Waals surface area contributed by atoms with E-state index in [1.165, 1.54) is 16.7 Å². The van der Waals surface area contributed by atoms with Crippen molar-refractivity contribution < 1.29 is 9.50 Å². The molecule has 88 valence electrons. The van der Waals surface area contributed by atoms with E-state index in [0.717, 1.165) is 11.8 Å². The zero-order valence-corrected chi connectivity index (χ0v) is 9.22. The molecule has 0 aliphatic rings. The minimum atomic E-state index is -0.498. The van der Waals surface area contributed by atoms with Gasteiger partial charge in [0.1, 0.15) is 11.6 Å². The smallest absolute Gasteiger partial charge is 0.295 e. The fourth-order valence-corrected chi connectivity index (χ4v) is 1.52. The summed E-state index contributed by atoms with van der Waals surface area (Å²) in [7, 11) is 0. The third-order valence-electron chi connectivity index (χ3n) is 2.48. The number of aryl methyl sites for hydroxylation is 1. The highest BCUT2D eigenvalue weighted by molar-refractivity contribution is 5.19. The lowest BCUT2D eigenvalue weighted by atomic mass is 10.2. The van der Waals surface area contributed by atoms with E-state index in [9.17, 15) is 14.3 Å². The summed E-state index contributed by atoms with van der Waals surface area (Å²) in [6.45, 7) is 1.93. The molecule has 0 saturated carbocycles. The Morgan fingerprint density at radius 2 is 2.00 bits per heavy atom. The van der Waals surface area contributed by atoms with Crippen LogP contribution in [0.3, 0.4) is 0 Å². The molecule has 1 aromatic carbocycles. The molecule has 0 amide bonds. The van der Waals surface area contributed by atoms with Crippen molar-refractivity contribution in [1.82, 2.24) is 9.55 Å². The van der Waals surface area contributed by atoms with Gasteiger partial charge in [-0.15, -0.1) is 0 Å². The first-order chi connectivity index (χ1) is 8.08. The number of hydrogen-bond donors (Lipinski definition) is 1. The van der Waals surface area contributed by atoms with Crippen LogP contribution in [0.2, 0.25) is 0 Å². The normalized spacial score (nSPS) is 10.5. The molecular formula is C12H11FN2O2. The highest BCUT2D eigenvalue weighted by atomic mass is 19.1. The van der Waals surface area contributed by atoms with Crippen LogP contribution < -0.4 is 5.56 Å². The van der Waals surface area contributed by atoms with Crippen LogP contribution in [0, 0.1) is 12.7 Å². The van der Waals surface area contributed by atoms with Crippen molar-refractivity contribution in [2.24, 2.45) is 0 Å². The summed E-state index contributed by atoms with van der Waals surface area (Å²) in [6, 6.07) is 5.83. The van der Waals surface area contributed by atoms with Crippen molar-refractivity contribution in [3.8, 4) is 5.75 Å². The molecule has 0 radical (unpaired) electrons. The Balaban J connectivity index is 2.39. The summed E-state index contributed by atoms with van der Waals surface area (Å²) < 4.78 is 14.1. The molecular weight excluding hydrogens is 223 g/mol. The minimum absolute atomic E-state index is 0.256. The van der Waals surface area contributed by atoms with Crippen molar-refractivity contribution in [2.45, 2.75) is 13.5 Å². The Bertz CT molecular complexity index is 590. The largest absolute Gasteiger partial charge is 0.502 e. The van der Waals surface area contributed by atoms with Crippen LogP contribution in [-0.2, 0) is 6.54 Å². The first-order valence-corrected chi connectivity index (χ1v) is 5.08. The Hall–Kier alpha value is -2.17.